The van der Waals surface area contributed by atoms with Crippen molar-refractivity contribution in [1.29, 1.82) is 0 Å². The second kappa shape index (κ2) is 7.04. The third-order valence-corrected chi connectivity index (χ3v) is 4.37. The van der Waals surface area contributed by atoms with Crippen LogP contribution in [-0.2, 0) is 0 Å². The molecule has 0 radical (unpaired) electrons. The molecule has 1 fully saturated rings. The summed E-state index contributed by atoms with van der Waals surface area (Å²) in [5.74, 6) is 0. The number of hydrogen-bond donors (Lipinski definition) is 1. The first-order valence-corrected chi connectivity index (χ1v) is 7.53. The van der Waals surface area contributed by atoms with E-state index in [4.69, 9.17) is 5.73 Å². The van der Waals surface area contributed by atoms with Gasteiger partial charge in [0.05, 0.1) is 0 Å². The monoisotopic (exact) mass is 261 g/mol. The van der Waals surface area contributed by atoms with Crippen molar-refractivity contribution in [3.8, 4) is 0 Å². The molecule has 106 valence electrons. The van der Waals surface area contributed by atoms with Crippen LogP contribution in [0.2, 0.25) is 0 Å². The Balaban J connectivity index is 2.02. The maximum Gasteiger partial charge on any atom is 0.0471 e. The van der Waals surface area contributed by atoms with E-state index in [9.17, 15) is 0 Å². The van der Waals surface area contributed by atoms with Crippen molar-refractivity contribution in [1.82, 2.24) is 9.80 Å². The fraction of sp³-hybridized carbons (Fsp3) is 0.625. The first-order valence-electron chi connectivity index (χ1n) is 7.53. The zero-order valence-electron chi connectivity index (χ0n) is 12.3. The van der Waals surface area contributed by atoms with Crippen LogP contribution in [0.5, 0.6) is 0 Å². The van der Waals surface area contributed by atoms with Crippen molar-refractivity contribution < 1.29 is 0 Å². The molecule has 2 atom stereocenters. The predicted molar refractivity (Wildman–Crippen MR) is 81.1 cm³/mol. The minimum atomic E-state index is 0.377. The average Bonchev–Trinajstić information content (AvgIpc) is 2.92. The van der Waals surface area contributed by atoms with Gasteiger partial charge in [0.15, 0.2) is 0 Å². The molecule has 1 aromatic carbocycles. The molecule has 0 aromatic heterocycles. The highest BCUT2D eigenvalue weighted by Gasteiger charge is 2.30. The molecule has 3 nitrogen and oxygen atoms in total. The molecular formula is C16H27N3. The van der Waals surface area contributed by atoms with E-state index >= 15 is 0 Å². The molecule has 1 aromatic rings. The molecule has 0 saturated carbocycles. The van der Waals surface area contributed by atoms with E-state index in [0.717, 1.165) is 26.2 Å². The highest BCUT2D eigenvalue weighted by atomic mass is 15.3. The highest BCUT2D eigenvalue weighted by Crippen LogP contribution is 2.26. The van der Waals surface area contributed by atoms with Crippen LogP contribution >= 0.6 is 0 Å². The molecule has 2 unspecified atom stereocenters. The second-order valence-electron chi connectivity index (χ2n) is 5.32. The third-order valence-electron chi connectivity index (χ3n) is 4.37. The van der Waals surface area contributed by atoms with Gasteiger partial charge in [-0.2, -0.15) is 0 Å². The van der Waals surface area contributed by atoms with Crippen molar-refractivity contribution in [3.63, 3.8) is 0 Å². The minimum Gasteiger partial charge on any atom is -0.329 e. The van der Waals surface area contributed by atoms with E-state index in [1.54, 1.807) is 0 Å². The van der Waals surface area contributed by atoms with Gasteiger partial charge in [0.25, 0.3) is 0 Å². The molecular weight excluding hydrogens is 234 g/mol. The first-order chi connectivity index (χ1) is 9.30. The van der Waals surface area contributed by atoms with Crippen LogP contribution < -0.4 is 5.73 Å². The van der Waals surface area contributed by atoms with Crippen molar-refractivity contribution in [2.24, 2.45) is 5.73 Å². The highest BCUT2D eigenvalue weighted by molar-refractivity contribution is 5.19. The molecule has 3 heteroatoms. The molecule has 0 amide bonds. The summed E-state index contributed by atoms with van der Waals surface area (Å²) >= 11 is 0. The van der Waals surface area contributed by atoms with Crippen LogP contribution in [0, 0.1) is 0 Å². The van der Waals surface area contributed by atoms with Gasteiger partial charge < -0.3 is 5.73 Å². The van der Waals surface area contributed by atoms with E-state index in [-0.39, 0.29) is 0 Å². The fourth-order valence-corrected chi connectivity index (χ4v) is 3.26. The van der Waals surface area contributed by atoms with Gasteiger partial charge >= 0.3 is 0 Å². The summed E-state index contributed by atoms with van der Waals surface area (Å²) < 4.78 is 0. The van der Waals surface area contributed by atoms with Gasteiger partial charge in [-0.1, -0.05) is 44.2 Å². The van der Waals surface area contributed by atoms with Crippen LogP contribution in [0.4, 0.5) is 0 Å². The van der Waals surface area contributed by atoms with E-state index < -0.39 is 0 Å². The van der Waals surface area contributed by atoms with Gasteiger partial charge in [0, 0.05) is 31.7 Å². The molecule has 2 N–H and O–H groups in total. The summed E-state index contributed by atoms with van der Waals surface area (Å²) in [7, 11) is 0. The standard InChI is InChI=1S/C16H27N3/c1-3-18(4-2)15-10-11-19(13-15)16(12-17)14-8-6-5-7-9-14/h5-9,15-16H,3-4,10-13,17H2,1-2H3. The maximum atomic E-state index is 6.02. The van der Waals surface area contributed by atoms with Gasteiger partial charge in [-0.15, -0.1) is 0 Å². The van der Waals surface area contributed by atoms with Gasteiger partial charge in [-0.3, -0.25) is 9.80 Å². The summed E-state index contributed by atoms with van der Waals surface area (Å²) in [4.78, 5) is 5.12. The number of likely N-dealkylation sites (tertiary alicyclic amines) is 1. The number of nitrogens with two attached hydrogens (primary N) is 1. The normalized spacial score (nSPS) is 22.0. The largest absolute Gasteiger partial charge is 0.329 e. The zero-order chi connectivity index (χ0) is 13.7. The SMILES string of the molecule is CCN(CC)C1CCN(C(CN)c2ccccc2)C1. The lowest BCUT2D eigenvalue weighted by Crippen LogP contribution is -2.39. The van der Waals surface area contributed by atoms with E-state index in [1.165, 1.54) is 12.0 Å². The smallest absolute Gasteiger partial charge is 0.0471 e. The van der Waals surface area contributed by atoms with Gasteiger partial charge in [-0.05, 0) is 25.1 Å². The Kier molecular flexibility index (Phi) is 5.37. The number of nitrogens with zero attached hydrogens (tertiary/aromatic N) is 2. The van der Waals surface area contributed by atoms with Crippen LogP contribution in [0.15, 0.2) is 30.3 Å². The number of rotatable bonds is 6. The first kappa shape index (κ1) is 14.5. The Hall–Kier alpha value is -0.900. The zero-order valence-corrected chi connectivity index (χ0v) is 12.3. The molecule has 0 bridgehead atoms. The molecule has 19 heavy (non-hydrogen) atoms. The molecule has 0 aliphatic carbocycles. The van der Waals surface area contributed by atoms with Gasteiger partial charge in [0.2, 0.25) is 0 Å². The Labute approximate surface area is 117 Å². The summed E-state index contributed by atoms with van der Waals surface area (Å²) in [6, 6.07) is 11.8. The van der Waals surface area contributed by atoms with Crippen LogP contribution in [0.25, 0.3) is 0 Å². The Bertz CT molecular complexity index is 362. The lowest BCUT2D eigenvalue weighted by Gasteiger charge is -2.30. The van der Waals surface area contributed by atoms with Gasteiger partial charge in [0.1, 0.15) is 0 Å². The molecule has 0 spiro atoms. The lowest BCUT2D eigenvalue weighted by atomic mass is 10.1. The van der Waals surface area contributed by atoms with Crippen molar-refractivity contribution >= 4 is 0 Å². The minimum absolute atomic E-state index is 0.377. The third kappa shape index (κ3) is 3.35. The van der Waals surface area contributed by atoms with E-state index in [2.05, 4.69) is 54.0 Å². The molecule has 1 heterocycles. The molecule has 2 rings (SSSR count). The second-order valence-corrected chi connectivity index (χ2v) is 5.32. The predicted octanol–water partition coefficient (Wildman–Crippen LogP) is 2.10. The van der Waals surface area contributed by atoms with E-state index in [0.29, 0.717) is 18.6 Å². The molecule has 1 saturated heterocycles. The Morgan fingerprint density at radius 3 is 2.53 bits per heavy atom. The van der Waals surface area contributed by atoms with Crippen molar-refractivity contribution in [2.45, 2.75) is 32.4 Å². The summed E-state index contributed by atoms with van der Waals surface area (Å²) in [6.45, 7) is 9.82. The topological polar surface area (TPSA) is 32.5 Å². The van der Waals surface area contributed by atoms with Crippen LogP contribution in [0.1, 0.15) is 31.9 Å². The Morgan fingerprint density at radius 1 is 1.26 bits per heavy atom. The van der Waals surface area contributed by atoms with Crippen molar-refractivity contribution in [2.75, 3.05) is 32.7 Å². The number of benzene rings is 1. The number of hydrogen-bond acceptors (Lipinski definition) is 3. The quantitative estimate of drug-likeness (QED) is 0.851. The van der Waals surface area contributed by atoms with Crippen LogP contribution in [-0.4, -0.2) is 48.6 Å². The summed E-state index contributed by atoms with van der Waals surface area (Å²) in [5.41, 5.74) is 7.37. The average molecular weight is 261 g/mol. The summed E-state index contributed by atoms with van der Waals surface area (Å²) in [6.07, 6.45) is 1.27. The van der Waals surface area contributed by atoms with Crippen molar-refractivity contribution in [3.05, 3.63) is 35.9 Å². The maximum absolute atomic E-state index is 6.02. The molecule has 1 aliphatic heterocycles. The summed E-state index contributed by atoms with van der Waals surface area (Å²) in [5, 5.41) is 0. The molecule has 1 aliphatic rings. The van der Waals surface area contributed by atoms with Crippen LogP contribution in [0.3, 0.4) is 0 Å². The number of likely N-dealkylation sites (N-methyl/N-ethyl adjacent to an activating group) is 1. The lowest BCUT2D eigenvalue weighted by molar-refractivity contribution is 0.190. The Morgan fingerprint density at radius 2 is 1.95 bits per heavy atom. The van der Waals surface area contributed by atoms with E-state index in [1.807, 2.05) is 0 Å². The van der Waals surface area contributed by atoms with Gasteiger partial charge in [-0.25, -0.2) is 0 Å². The fourth-order valence-electron chi connectivity index (χ4n) is 3.26.